The lowest BCUT2D eigenvalue weighted by atomic mass is 9.96. The highest BCUT2D eigenvalue weighted by molar-refractivity contribution is 5.03. The molecule has 1 saturated heterocycles. The lowest BCUT2D eigenvalue weighted by Crippen LogP contribution is -2.40. The molecule has 1 aliphatic carbocycles. The first-order valence-electron chi connectivity index (χ1n) is 8.11. The molecule has 0 aromatic heterocycles. The van der Waals surface area contributed by atoms with Gasteiger partial charge in [0.25, 0.3) is 0 Å². The number of rotatable bonds is 5. The smallest absolute Gasteiger partial charge is 0.0205 e. The molecule has 2 heteroatoms. The quantitative estimate of drug-likeness (QED) is 0.764. The van der Waals surface area contributed by atoms with E-state index in [2.05, 4.69) is 37.6 Å². The summed E-state index contributed by atoms with van der Waals surface area (Å²) in [5, 5.41) is 3.55. The van der Waals surface area contributed by atoms with Crippen molar-refractivity contribution in [2.24, 2.45) is 5.92 Å². The van der Waals surface area contributed by atoms with E-state index in [1.54, 1.807) is 0 Å². The lowest BCUT2D eigenvalue weighted by Gasteiger charge is -2.30. The predicted octanol–water partition coefficient (Wildman–Crippen LogP) is 3.59. The van der Waals surface area contributed by atoms with Gasteiger partial charge in [0.15, 0.2) is 0 Å². The van der Waals surface area contributed by atoms with Gasteiger partial charge in [0.1, 0.15) is 0 Å². The zero-order chi connectivity index (χ0) is 13.9. The predicted molar refractivity (Wildman–Crippen MR) is 83.4 cm³/mol. The van der Waals surface area contributed by atoms with Crippen molar-refractivity contribution in [2.75, 3.05) is 19.6 Å². The Morgan fingerprint density at radius 2 is 1.84 bits per heavy atom. The maximum absolute atomic E-state index is 4.28. The monoisotopic (exact) mass is 264 g/mol. The first kappa shape index (κ1) is 15.1. The molecule has 1 heterocycles. The Morgan fingerprint density at radius 1 is 1.16 bits per heavy atom. The number of nitrogens with one attached hydrogen (secondary N) is 1. The first-order chi connectivity index (χ1) is 8.96. The zero-order valence-electron chi connectivity index (χ0n) is 13.2. The zero-order valence-corrected chi connectivity index (χ0v) is 13.2. The van der Waals surface area contributed by atoms with Crippen molar-refractivity contribution in [3.63, 3.8) is 0 Å². The third-order valence-electron chi connectivity index (χ3n) is 4.65. The third-order valence-corrected chi connectivity index (χ3v) is 4.65. The summed E-state index contributed by atoms with van der Waals surface area (Å²) in [6.45, 7) is 14.3. The van der Waals surface area contributed by atoms with Gasteiger partial charge in [-0.05, 0) is 64.5 Å². The van der Waals surface area contributed by atoms with Crippen LogP contribution in [0.5, 0.6) is 0 Å². The third kappa shape index (κ3) is 4.61. The molecule has 1 unspecified atom stereocenters. The SMILES string of the molecule is C=C(CNC(C)(C)C)CN1CCCC1C1CCCC1. The van der Waals surface area contributed by atoms with Crippen LogP contribution < -0.4 is 5.32 Å². The summed E-state index contributed by atoms with van der Waals surface area (Å²) in [4.78, 5) is 2.71. The van der Waals surface area contributed by atoms with Crippen molar-refractivity contribution in [2.45, 2.75) is 70.9 Å². The van der Waals surface area contributed by atoms with Crippen LogP contribution in [0.3, 0.4) is 0 Å². The Labute approximate surface area is 119 Å². The van der Waals surface area contributed by atoms with E-state index in [0.29, 0.717) is 0 Å². The van der Waals surface area contributed by atoms with Gasteiger partial charge in [-0.2, -0.15) is 0 Å². The van der Waals surface area contributed by atoms with Gasteiger partial charge in [-0.25, -0.2) is 0 Å². The summed E-state index contributed by atoms with van der Waals surface area (Å²) in [6.07, 6.45) is 8.66. The van der Waals surface area contributed by atoms with Gasteiger partial charge in [0.05, 0.1) is 0 Å². The van der Waals surface area contributed by atoms with E-state index in [1.165, 1.54) is 50.6 Å². The Bertz CT molecular complexity index is 297. The molecule has 0 spiro atoms. The summed E-state index contributed by atoms with van der Waals surface area (Å²) >= 11 is 0. The molecular formula is C17H32N2. The van der Waals surface area contributed by atoms with Crippen molar-refractivity contribution in [3.8, 4) is 0 Å². The van der Waals surface area contributed by atoms with Crippen molar-refractivity contribution in [1.82, 2.24) is 10.2 Å². The largest absolute Gasteiger partial charge is 0.308 e. The molecule has 2 rings (SSSR count). The number of hydrogen-bond acceptors (Lipinski definition) is 2. The fraction of sp³-hybridized carbons (Fsp3) is 0.882. The minimum Gasteiger partial charge on any atom is -0.308 e. The van der Waals surface area contributed by atoms with Gasteiger partial charge < -0.3 is 5.32 Å². The van der Waals surface area contributed by atoms with Crippen molar-refractivity contribution in [3.05, 3.63) is 12.2 Å². The van der Waals surface area contributed by atoms with Gasteiger partial charge in [0, 0.05) is 24.7 Å². The first-order valence-corrected chi connectivity index (χ1v) is 8.11. The van der Waals surface area contributed by atoms with Gasteiger partial charge in [-0.15, -0.1) is 0 Å². The minimum absolute atomic E-state index is 0.193. The highest BCUT2D eigenvalue weighted by Crippen LogP contribution is 2.35. The van der Waals surface area contributed by atoms with Crippen LogP contribution in [0.2, 0.25) is 0 Å². The van der Waals surface area contributed by atoms with E-state index in [0.717, 1.165) is 25.0 Å². The highest BCUT2D eigenvalue weighted by atomic mass is 15.2. The molecule has 1 saturated carbocycles. The molecular weight excluding hydrogens is 232 g/mol. The summed E-state index contributed by atoms with van der Waals surface area (Å²) in [5.41, 5.74) is 1.54. The van der Waals surface area contributed by atoms with Crippen molar-refractivity contribution < 1.29 is 0 Å². The summed E-state index contributed by atoms with van der Waals surface area (Å²) in [7, 11) is 0. The van der Waals surface area contributed by atoms with Gasteiger partial charge >= 0.3 is 0 Å². The van der Waals surface area contributed by atoms with Gasteiger partial charge in [-0.1, -0.05) is 19.4 Å². The van der Waals surface area contributed by atoms with E-state index < -0.39 is 0 Å². The second kappa shape index (κ2) is 6.41. The van der Waals surface area contributed by atoms with E-state index in [-0.39, 0.29) is 5.54 Å². The molecule has 0 bridgehead atoms. The van der Waals surface area contributed by atoms with Crippen molar-refractivity contribution in [1.29, 1.82) is 0 Å². The average molecular weight is 264 g/mol. The number of hydrogen-bond donors (Lipinski definition) is 1. The Morgan fingerprint density at radius 3 is 2.47 bits per heavy atom. The maximum Gasteiger partial charge on any atom is 0.0205 e. The molecule has 1 atom stereocenters. The summed E-state index contributed by atoms with van der Waals surface area (Å²) in [5.74, 6) is 0.978. The van der Waals surface area contributed by atoms with Crippen LogP contribution in [0, 0.1) is 5.92 Å². The molecule has 2 fully saturated rings. The lowest BCUT2D eigenvalue weighted by molar-refractivity contribution is 0.203. The summed E-state index contributed by atoms with van der Waals surface area (Å²) < 4.78 is 0. The molecule has 2 nitrogen and oxygen atoms in total. The molecule has 0 aromatic carbocycles. The Kier molecular flexibility index (Phi) is 5.08. The normalized spacial score (nSPS) is 26.2. The van der Waals surface area contributed by atoms with E-state index >= 15 is 0 Å². The van der Waals surface area contributed by atoms with E-state index in [1.807, 2.05) is 0 Å². The van der Waals surface area contributed by atoms with Crippen LogP contribution in [0.4, 0.5) is 0 Å². The van der Waals surface area contributed by atoms with Crippen LogP contribution in [0.25, 0.3) is 0 Å². The van der Waals surface area contributed by atoms with Crippen LogP contribution in [0.1, 0.15) is 59.3 Å². The molecule has 1 N–H and O–H groups in total. The number of likely N-dealkylation sites (tertiary alicyclic amines) is 1. The topological polar surface area (TPSA) is 15.3 Å². The van der Waals surface area contributed by atoms with Gasteiger partial charge in [0.2, 0.25) is 0 Å². The van der Waals surface area contributed by atoms with Crippen LogP contribution in [-0.4, -0.2) is 36.1 Å². The van der Waals surface area contributed by atoms with Crippen LogP contribution >= 0.6 is 0 Å². The maximum atomic E-state index is 4.28. The molecule has 1 aliphatic heterocycles. The minimum atomic E-state index is 0.193. The standard InChI is InChI=1S/C17H32N2/c1-14(12-18-17(2,3)4)13-19-11-7-10-16(19)15-8-5-6-9-15/h15-16,18H,1,5-13H2,2-4H3. The highest BCUT2D eigenvalue weighted by Gasteiger charge is 2.33. The fourth-order valence-electron chi connectivity index (χ4n) is 3.66. The molecule has 0 aromatic rings. The molecule has 0 radical (unpaired) electrons. The van der Waals surface area contributed by atoms with E-state index in [9.17, 15) is 0 Å². The molecule has 2 aliphatic rings. The van der Waals surface area contributed by atoms with Crippen LogP contribution in [0.15, 0.2) is 12.2 Å². The Hall–Kier alpha value is -0.340. The molecule has 0 amide bonds. The fourth-order valence-corrected chi connectivity index (χ4v) is 3.66. The summed E-state index contributed by atoms with van der Waals surface area (Å²) in [6, 6.07) is 0.855. The average Bonchev–Trinajstić information content (AvgIpc) is 2.94. The second-order valence-electron chi connectivity index (χ2n) is 7.58. The molecule has 19 heavy (non-hydrogen) atoms. The van der Waals surface area contributed by atoms with Gasteiger partial charge in [-0.3, -0.25) is 4.90 Å². The van der Waals surface area contributed by atoms with Crippen LogP contribution in [-0.2, 0) is 0 Å². The van der Waals surface area contributed by atoms with Crippen molar-refractivity contribution >= 4 is 0 Å². The van der Waals surface area contributed by atoms with E-state index in [4.69, 9.17) is 0 Å². The molecule has 110 valence electrons. The Balaban J connectivity index is 1.78. The second-order valence-corrected chi connectivity index (χ2v) is 7.58. The number of nitrogens with zero attached hydrogens (tertiary/aromatic N) is 1.